The van der Waals surface area contributed by atoms with E-state index in [1.807, 2.05) is 6.07 Å². The molecule has 1 rings (SSSR count). The van der Waals surface area contributed by atoms with Crippen molar-refractivity contribution in [2.75, 3.05) is 6.54 Å². The SMILES string of the molecule is O=C=NC/C=C/c1cccc(N=C=O)c1. The summed E-state index contributed by atoms with van der Waals surface area (Å²) >= 11 is 0. The second-order valence-corrected chi connectivity index (χ2v) is 2.63. The highest BCUT2D eigenvalue weighted by Gasteiger charge is 1.89. The number of isocyanates is 2. The van der Waals surface area contributed by atoms with Crippen LogP contribution in [0.4, 0.5) is 5.69 Å². The molecule has 15 heavy (non-hydrogen) atoms. The van der Waals surface area contributed by atoms with Crippen LogP contribution in [0.1, 0.15) is 5.56 Å². The number of carbonyl (C=O) groups excluding carboxylic acids is 2. The van der Waals surface area contributed by atoms with Crippen LogP contribution in [0.15, 0.2) is 40.3 Å². The maximum Gasteiger partial charge on any atom is 0.240 e. The van der Waals surface area contributed by atoms with Gasteiger partial charge in [0.15, 0.2) is 0 Å². The molecule has 0 N–H and O–H groups in total. The Balaban J connectivity index is 2.77. The lowest BCUT2D eigenvalue weighted by Crippen LogP contribution is -1.73. The van der Waals surface area contributed by atoms with Crippen molar-refractivity contribution in [2.45, 2.75) is 0 Å². The minimum atomic E-state index is 0.296. The molecule has 0 saturated heterocycles. The van der Waals surface area contributed by atoms with Gasteiger partial charge in [-0.1, -0.05) is 24.3 Å². The molecule has 0 aliphatic heterocycles. The van der Waals surface area contributed by atoms with Crippen LogP contribution >= 0.6 is 0 Å². The van der Waals surface area contributed by atoms with Crippen LogP contribution in [-0.2, 0) is 9.59 Å². The van der Waals surface area contributed by atoms with E-state index < -0.39 is 0 Å². The Kier molecular flexibility index (Phi) is 4.47. The summed E-state index contributed by atoms with van der Waals surface area (Å²) in [5.74, 6) is 0. The normalized spacial score (nSPS) is 9.33. The van der Waals surface area contributed by atoms with E-state index in [0.717, 1.165) is 5.56 Å². The predicted octanol–water partition coefficient (Wildman–Crippen LogP) is 2.00. The molecule has 0 amide bonds. The summed E-state index contributed by atoms with van der Waals surface area (Å²) in [6.07, 6.45) is 6.41. The van der Waals surface area contributed by atoms with Crippen LogP contribution in [0.5, 0.6) is 0 Å². The van der Waals surface area contributed by atoms with Crippen LogP contribution in [0, 0.1) is 0 Å². The quantitative estimate of drug-likeness (QED) is 0.551. The van der Waals surface area contributed by atoms with Crippen LogP contribution < -0.4 is 0 Å². The van der Waals surface area contributed by atoms with Gasteiger partial charge in [-0.05, 0) is 17.7 Å². The van der Waals surface area contributed by atoms with Crippen molar-refractivity contribution in [1.82, 2.24) is 0 Å². The van der Waals surface area contributed by atoms with Crippen LogP contribution in [0.3, 0.4) is 0 Å². The zero-order valence-corrected chi connectivity index (χ0v) is 7.88. The first kappa shape index (κ1) is 10.8. The molecule has 0 aliphatic rings. The number of hydrogen-bond acceptors (Lipinski definition) is 4. The van der Waals surface area contributed by atoms with E-state index in [4.69, 9.17) is 0 Å². The molecule has 74 valence electrons. The van der Waals surface area contributed by atoms with Gasteiger partial charge < -0.3 is 0 Å². The predicted molar refractivity (Wildman–Crippen MR) is 56.2 cm³/mol. The van der Waals surface area contributed by atoms with Crippen molar-refractivity contribution in [3.05, 3.63) is 35.9 Å². The minimum absolute atomic E-state index is 0.296. The molecule has 0 aliphatic carbocycles. The van der Waals surface area contributed by atoms with Crippen molar-refractivity contribution >= 4 is 23.9 Å². The van der Waals surface area contributed by atoms with Crippen molar-refractivity contribution in [2.24, 2.45) is 9.98 Å². The van der Waals surface area contributed by atoms with E-state index in [9.17, 15) is 9.59 Å². The fraction of sp³-hybridized carbons (Fsp3) is 0.0909. The topological polar surface area (TPSA) is 58.9 Å². The lowest BCUT2D eigenvalue weighted by atomic mass is 10.2. The second-order valence-electron chi connectivity index (χ2n) is 2.63. The third-order valence-corrected chi connectivity index (χ3v) is 1.62. The molecule has 0 aromatic heterocycles. The average Bonchev–Trinajstić information content (AvgIpc) is 2.26. The van der Waals surface area contributed by atoms with Gasteiger partial charge in [-0.15, -0.1) is 0 Å². The molecular weight excluding hydrogens is 192 g/mol. The number of rotatable bonds is 4. The molecule has 0 atom stereocenters. The Morgan fingerprint density at radius 3 is 2.87 bits per heavy atom. The van der Waals surface area contributed by atoms with Crippen molar-refractivity contribution in [1.29, 1.82) is 0 Å². The van der Waals surface area contributed by atoms with Gasteiger partial charge in [-0.2, -0.15) is 4.99 Å². The summed E-state index contributed by atoms with van der Waals surface area (Å²) in [6.45, 7) is 0.296. The third kappa shape index (κ3) is 3.96. The largest absolute Gasteiger partial charge is 0.240 e. The van der Waals surface area contributed by atoms with E-state index in [1.54, 1.807) is 30.4 Å². The summed E-state index contributed by atoms with van der Waals surface area (Å²) < 4.78 is 0. The first-order chi connectivity index (χ1) is 7.36. The first-order valence-electron chi connectivity index (χ1n) is 4.25. The van der Waals surface area contributed by atoms with Gasteiger partial charge in [-0.25, -0.2) is 14.6 Å². The zero-order valence-electron chi connectivity index (χ0n) is 7.88. The van der Waals surface area contributed by atoms with E-state index >= 15 is 0 Å². The number of nitrogens with zero attached hydrogens (tertiary/aromatic N) is 2. The molecule has 0 fully saturated rings. The van der Waals surface area contributed by atoms with Gasteiger partial charge in [0.2, 0.25) is 12.2 Å². The van der Waals surface area contributed by atoms with Gasteiger partial charge in [0.25, 0.3) is 0 Å². The fourth-order valence-electron chi connectivity index (χ4n) is 1.03. The summed E-state index contributed by atoms with van der Waals surface area (Å²) in [5.41, 5.74) is 1.43. The highest BCUT2D eigenvalue weighted by Crippen LogP contribution is 2.14. The molecular formula is C11H8N2O2. The van der Waals surface area contributed by atoms with E-state index in [2.05, 4.69) is 9.98 Å². The number of hydrogen-bond donors (Lipinski definition) is 0. The molecule has 0 spiro atoms. The molecule has 0 bridgehead atoms. The van der Waals surface area contributed by atoms with Crippen molar-refractivity contribution < 1.29 is 9.59 Å². The van der Waals surface area contributed by atoms with Gasteiger partial charge >= 0.3 is 0 Å². The molecule has 0 unspecified atom stereocenters. The number of benzene rings is 1. The highest BCUT2D eigenvalue weighted by molar-refractivity contribution is 5.58. The zero-order chi connectivity index (χ0) is 10.9. The Hall–Kier alpha value is -2.28. The standard InChI is InChI=1S/C11H8N2O2/c14-8-12-6-2-4-10-3-1-5-11(7-10)13-9-15/h1-5,7H,6H2/b4-2+. The summed E-state index contributed by atoms with van der Waals surface area (Å²) in [5, 5.41) is 0. The van der Waals surface area contributed by atoms with Crippen LogP contribution in [0.25, 0.3) is 6.08 Å². The molecule has 4 nitrogen and oxygen atoms in total. The molecule has 1 aromatic rings. The van der Waals surface area contributed by atoms with Crippen molar-refractivity contribution in [3.63, 3.8) is 0 Å². The van der Waals surface area contributed by atoms with Gasteiger partial charge in [-0.3, -0.25) is 0 Å². The van der Waals surface area contributed by atoms with Gasteiger partial charge in [0.1, 0.15) is 0 Å². The minimum Gasteiger partial charge on any atom is -0.211 e. The van der Waals surface area contributed by atoms with E-state index in [0.29, 0.717) is 12.2 Å². The Morgan fingerprint density at radius 1 is 1.27 bits per heavy atom. The maximum absolute atomic E-state index is 10.0. The Morgan fingerprint density at radius 2 is 2.13 bits per heavy atom. The summed E-state index contributed by atoms with van der Waals surface area (Å²) in [6, 6.07) is 7.06. The Bertz CT molecular complexity index is 453. The third-order valence-electron chi connectivity index (χ3n) is 1.62. The lowest BCUT2D eigenvalue weighted by molar-refractivity contribution is 0.563. The second kappa shape index (κ2) is 6.22. The average molecular weight is 200 g/mol. The van der Waals surface area contributed by atoms with E-state index in [-0.39, 0.29) is 0 Å². The van der Waals surface area contributed by atoms with Crippen LogP contribution in [-0.4, -0.2) is 18.7 Å². The number of aliphatic imine (C=N–C) groups is 2. The van der Waals surface area contributed by atoms with Crippen LogP contribution in [0.2, 0.25) is 0 Å². The molecule has 0 saturated carbocycles. The fourth-order valence-corrected chi connectivity index (χ4v) is 1.03. The van der Waals surface area contributed by atoms with Gasteiger partial charge in [0, 0.05) is 0 Å². The summed E-state index contributed by atoms with van der Waals surface area (Å²) in [7, 11) is 0. The van der Waals surface area contributed by atoms with Crippen molar-refractivity contribution in [3.8, 4) is 0 Å². The molecule has 0 heterocycles. The smallest absolute Gasteiger partial charge is 0.211 e. The molecule has 0 radical (unpaired) electrons. The highest BCUT2D eigenvalue weighted by atomic mass is 16.1. The molecule has 4 heteroatoms. The molecule has 1 aromatic carbocycles. The van der Waals surface area contributed by atoms with Gasteiger partial charge in [0.05, 0.1) is 12.2 Å². The van der Waals surface area contributed by atoms with E-state index in [1.165, 1.54) is 12.2 Å². The first-order valence-corrected chi connectivity index (χ1v) is 4.25. The monoisotopic (exact) mass is 200 g/mol. The lowest BCUT2D eigenvalue weighted by Gasteiger charge is -1.93. The summed E-state index contributed by atoms with van der Waals surface area (Å²) in [4.78, 5) is 26.6. The Labute approximate surface area is 86.7 Å². The maximum atomic E-state index is 10.0.